The van der Waals surface area contributed by atoms with E-state index in [-0.39, 0.29) is 30.1 Å². The number of amides is 1. The van der Waals surface area contributed by atoms with Crippen LogP contribution < -0.4 is 16.0 Å². The van der Waals surface area contributed by atoms with Crippen molar-refractivity contribution in [1.29, 1.82) is 0 Å². The van der Waals surface area contributed by atoms with Crippen molar-refractivity contribution in [2.45, 2.75) is 61.9 Å². The zero-order valence-electron chi connectivity index (χ0n) is 22.9. The zero-order chi connectivity index (χ0) is 29.2. The van der Waals surface area contributed by atoms with Crippen LogP contribution in [0.3, 0.4) is 0 Å². The molecule has 0 bridgehead atoms. The number of aliphatic imine (C=N–C) groups is 1. The van der Waals surface area contributed by atoms with Gasteiger partial charge in [0.1, 0.15) is 17.9 Å². The lowest BCUT2D eigenvalue weighted by molar-refractivity contribution is -0.142. The number of Topliss-reactive ketones (excluding diaryl/α,β-unsaturated/α-hetero) is 1. The van der Waals surface area contributed by atoms with E-state index in [1.807, 2.05) is 0 Å². The number of guanidine groups is 1. The van der Waals surface area contributed by atoms with Gasteiger partial charge in [0.25, 0.3) is 0 Å². The van der Waals surface area contributed by atoms with Crippen molar-refractivity contribution in [3.8, 4) is 0 Å². The molecule has 12 heteroatoms. The minimum Gasteiger partial charge on any atom is -0.480 e. The average Bonchev–Trinajstić information content (AvgIpc) is 3.48. The molecule has 0 aromatic heterocycles. The molecular formula is C29H37N5O6S. The molecule has 41 heavy (non-hydrogen) atoms. The molecule has 0 spiro atoms. The number of sulfonamides is 1. The van der Waals surface area contributed by atoms with Gasteiger partial charge in [-0.05, 0) is 48.9 Å². The lowest BCUT2D eigenvalue weighted by Crippen LogP contribution is -2.51. The summed E-state index contributed by atoms with van der Waals surface area (Å²) in [4.78, 5) is 41.9. The molecule has 2 atom stereocenters. The highest BCUT2D eigenvalue weighted by Crippen LogP contribution is 2.26. The fourth-order valence-electron chi connectivity index (χ4n) is 4.97. The number of carbonyl (C=O) groups is 3. The summed E-state index contributed by atoms with van der Waals surface area (Å²) >= 11 is 0. The molecule has 0 aliphatic carbocycles. The molecular weight excluding hydrogens is 546 g/mol. The molecule has 2 aromatic carbocycles. The number of rotatable bonds is 13. The van der Waals surface area contributed by atoms with E-state index in [9.17, 15) is 27.9 Å². The number of carboxylic acid groups (broad SMARTS) is 1. The molecule has 0 saturated carbocycles. The van der Waals surface area contributed by atoms with Gasteiger partial charge in [-0.15, -0.1) is 0 Å². The van der Waals surface area contributed by atoms with Crippen LogP contribution in [0.15, 0.2) is 64.5 Å². The summed E-state index contributed by atoms with van der Waals surface area (Å²) in [5.41, 5.74) is 1.51. The Bertz CT molecular complexity index is 1350. The third-order valence-corrected chi connectivity index (χ3v) is 9.08. The number of carbonyl (C=O) groups excluding carboxylic acids is 2. The van der Waals surface area contributed by atoms with E-state index >= 15 is 0 Å². The maximum Gasteiger partial charge on any atom is 0.326 e. The van der Waals surface area contributed by atoms with Crippen molar-refractivity contribution in [2.24, 2.45) is 4.99 Å². The van der Waals surface area contributed by atoms with Crippen molar-refractivity contribution >= 4 is 33.6 Å². The number of nitrogens with one attached hydrogen (secondary N) is 3. The molecule has 1 fully saturated rings. The summed E-state index contributed by atoms with van der Waals surface area (Å²) in [5.74, 6) is -0.943. The SMILES string of the molecule is O=C(CCCNC1=NCCCN1)Cc1ccc(C[C@H](NC(=O)[C@@H]2CCCN2S(=O)(=O)c2ccccc2)C(=O)O)cc1. The second-order valence-corrected chi connectivity index (χ2v) is 12.2. The Morgan fingerprint density at radius 2 is 1.78 bits per heavy atom. The number of hydrogen-bond donors (Lipinski definition) is 4. The highest BCUT2D eigenvalue weighted by atomic mass is 32.2. The standard InChI is InChI=1S/C29H37N5O6S/c35-23(7-4-15-30-29-31-16-6-17-32-29)19-21-11-13-22(14-12-21)20-25(28(37)38)33-27(36)26-10-5-18-34(26)41(39,40)24-8-2-1-3-9-24/h1-3,8-9,11-14,25-26H,4-7,10,15-20H2,(H,33,36)(H,37,38)(H2,30,31,32)/t25-,26-/m0/s1. The first-order chi connectivity index (χ1) is 19.7. The summed E-state index contributed by atoms with van der Waals surface area (Å²) in [6.07, 6.45) is 3.29. The maximum absolute atomic E-state index is 13.1. The minimum absolute atomic E-state index is 0.0248. The van der Waals surface area contributed by atoms with Crippen molar-refractivity contribution in [2.75, 3.05) is 26.2 Å². The van der Waals surface area contributed by atoms with E-state index in [1.54, 1.807) is 42.5 Å². The molecule has 1 saturated heterocycles. The Morgan fingerprint density at radius 3 is 2.46 bits per heavy atom. The lowest BCUT2D eigenvalue weighted by Gasteiger charge is -2.25. The zero-order valence-corrected chi connectivity index (χ0v) is 23.7. The number of ketones is 1. The van der Waals surface area contributed by atoms with Gasteiger partial charge in [0.2, 0.25) is 15.9 Å². The fourth-order valence-corrected chi connectivity index (χ4v) is 6.65. The van der Waals surface area contributed by atoms with Gasteiger partial charge in [-0.25, -0.2) is 13.2 Å². The Morgan fingerprint density at radius 1 is 1.05 bits per heavy atom. The molecule has 2 heterocycles. The first kappa shape index (κ1) is 30.2. The van der Waals surface area contributed by atoms with Crippen molar-refractivity contribution in [1.82, 2.24) is 20.3 Å². The van der Waals surface area contributed by atoms with Gasteiger partial charge in [-0.3, -0.25) is 14.6 Å². The summed E-state index contributed by atoms with van der Waals surface area (Å²) < 4.78 is 27.4. The van der Waals surface area contributed by atoms with Crippen LogP contribution in [0.5, 0.6) is 0 Å². The summed E-state index contributed by atoms with van der Waals surface area (Å²) in [6, 6.07) is 12.8. The highest BCUT2D eigenvalue weighted by Gasteiger charge is 2.40. The smallest absolute Gasteiger partial charge is 0.326 e. The summed E-state index contributed by atoms with van der Waals surface area (Å²) in [5, 5.41) is 18.7. The van der Waals surface area contributed by atoms with Crippen LogP contribution in [0.25, 0.3) is 0 Å². The number of hydrogen-bond acceptors (Lipinski definition) is 8. The molecule has 0 unspecified atom stereocenters. The Kier molecular flexibility index (Phi) is 10.5. The molecule has 0 radical (unpaired) electrons. The van der Waals surface area contributed by atoms with Crippen LogP contribution in [0.4, 0.5) is 0 Å². The molecule has 4 rings (SSSR count). The molecule has 2 aliphatic heterocycles. The topological polar surface area (TPSA) is 157 Å². The van der Waals surface area contributed by atoms with Crippen LogP contribution >= 0.6 is 0 Å². The van der Waals surface area contributed by atoms with Crippen LogP contribution in [0.1, 0.15) is 43.2 Å². The van der Waals surface area contributed by atoms with Gasteiger partial charge in [-0.1, -0.05) is 42.5 Å². The second kappa shape index (κ2) is 14.2. The second-order valence-electron chi connectivity index (χ2n) is 10.3. The van der Waals surface area contributed by atoms with Gasteiger partial charge >= 0.3 is 5.97 Å². The van der Waals surface area contributed by atoms with Gasteiger partial charge in [-0.2, -0.15) is 4.31 Å². The molecule has 2 aromatic rings. The maximum atomic E-state index is 13.1. The van der Waals surface area contributed by atoms with Crippen LogP contribution in [0, 0.1) is 0 Å². The lowest BCUT2D eigenvalue weighted by atomic mass is 10.0. The first-order valence-electron chi connectivity index (χ1n) is 14.0. The van der Waals surface area contributed by atoms with E-state index in [2.05, 4.69) is 20.9 Å². The molecule has 2 aliphatic rings. The average molecular weight is 584 g/mol. The summed E-state index contributed by atoms with van der Waals surface area (Å²) in [7, 11) is -3.89. The van der Waals surface area contributed by atoms with E-state index in [0.29, 0.717) is 37.8 Å². The van der Waals surface area contributed by atoms with Gasteiger partial charge in [0.15, 0.2) is 5.96 Å². The van der Waals surface area contributed by atoms with E-state index in [1.165, 1.54) is 12.1 Å². The largest absolute Gasteiger partial charge is 0.480 e. The normalized spacial score (nSPS) is 18.1. The summed E-state index contributed by atoms with van der Waals surface area (Å²) in [6.45, 7) is 2.56. The van der Waals surface area contributed by atoms with E-state index in [4.69, 9.17) is 0 Å². The number of benzene rings is 2. The van der Waals surface area contributed by atoms with Gasteiger partial charge in [0.05, 0.1) is 4.90 Å². The predicted octanol–water partition coefficient (Wildman–Crippen LogP) is 1.48. The van der Waals surface area contributed by atoms with Crippen LogP contribution in [0.2, 0.25) is 0 Å². The molecule has 4 N–H and O–H groups in total. The van der Waals surface area contributed by atoms with Crippen molar-refractivity contribution < 1.29 is 27.9 Å². The molecule has 220 valence electrons. The predicted molar refractivity (Wildman–Crippen MR) is 154 cm³/mol. The van der Waals surface area contributed by atoms with Crippen molar-refractivity contribution in [3.63, 3.8) is 0 Å². The Balaban J connectivity index is 1.28. The number of aliphatic carboxylic acids is 1. The molecule has 11 nitrogen and oxygen atoms in total. The molecule has 1 amide bonds. The van der Waals surface area contributed by atoms with E-state index in [0.717, 1.165) is 35.3 Å². The first-order valence-corrected chi connectivity index (χ1v) is 15.4. The van der Waals surface area contributed by atoms with Gasteiger partial charge in [0, 0.05) is 45.4 Å². The third kappa shape index (κ3) is 8.37. The fraction of sp³-hybridized carbons (Fsp3) is 0.448. The monoisotopic (exact) mass is 583 g/mol. The van der Waals surface area contributed by atoms with Crippen LogP contribution in [-0.2, 0) is 37.2 Å². The Hall–Kier alpha value is -3.77. The Labute approximate surface area is 240 Å². The van der Waals surface area contributed by atoms with Crippen LogP contribution in [-0.4, -0.2) is 79.7 Å². The van der Waals surface area contributed by atoms with Crippen molar-refractivity contribution in [3.05, 3.63) is 65.7 Å². The minimum atomic E-state index is -3.89. The van der Waals surface area contributed by atoms with Gasteiger partial charge < -0.3 is 21.1 Å². The number of carboxylic acids is 1. The van der Waals surface area contributed by atoms with E-state index < -0.39 is 34.0 Å². The number of nitrogens with zero attached hydrogens (tertiary/aromatic N) is 2. The highest BCUT2D eigenvalue weighted by molar-refractivity contribution is 7.89. The quantitative estimate of drug-likeness (QED) is 0.258. The third-order valence-electron chi connectivity index (χ3n) is 7.16.